The van der Waals surface area contributed by atoms with Crippen LogP contribution in [0.15, 0.2) is 12.1 Å². The second-order valence-electron chi connectivity index (χ2n) is 3.18. The molecule has 66 valence electrons. The monoisotopic (exact) mass is 163 g/mol. The van der Waals surface area contributed by atoms with Crippen LogP contribution in [0.5, 0.6) is 0 Å². The van der Waals surface area contributed by atoms with Crippen LogP contribution in [0.2, 0.25) is 0 Å². The third-order valence-electron chi connectivity index (χ3n) is 2.36. The molecule has 1 heteroatoms. The van der Waals surface area contributed by atoms with Gasteiger partial charge in [-0.3, -0.25) is 0 Å². The number of hydrogen-bond donors (Lipinski definition) is 1. The van der Waals surface area contributed by atoms with Crippen LogP contribution >= 0.6 is 0 Å². The summed E-state index contributed by atoms with van der Waals surface area (Å²) in [6.45, 7) is 6.44. The lowest BCUT2D eigenvalue weighted by molar-refractivity contribution is 1.07. The highest BCUT2D eigenvalue weighted by atomic mass is 14.6. The lowest BCUT2D eigenvalue weighted by atomic mass is 10.00. The van der Waals surface area contributed by atoms with Gasteiger partial charge in [0.1, 0.15) is 0 Å². The minimum Gasteiger partial charge on any atom is -0.398 e. The lowest BCUT2D eigenvalue weighted by Gasteiger charge is -2.08. The Hall–Kier alpha value is -0.980. The van der Waals surface area contributed by atoms with Crippen LogP contribution in [-0.2, 0) is 12.8 Å². The van der Waals surface area contributed by atoms with Crippen LogP contribution < -0.4 is 5.73 Å². The van der Waals surface area contributed by atoms with Gasteiger partial charge in [-0.15, -0.1) is 0 Å². The first-order chi connectivity index (χ1) is 5.69. The van der Waals surface area contributed by atoms with Gasteiger partial charge in [-0.1, -0.05) is 19.9 Å². The summed E-state index contributed by atoms with van der Waals surface area (Å²) < 4.78 is 0. The number of aryl methyl sites for hydroxylation is 3. The molecule has 0 saturated heterocycles. The second-order valence-corrected chi connectivity index (χ2v) is 3.18. The maximum atomic E-state index is 5.86. The number of anilines is 1. The average molecular weight is 163 g/mol. The zero-order valence-corrected chi connectivity index (χ0v) is 8.15. The average Bonchev–Trinajstić information content (AvgIpc) is 2.05. The van der Waals surface area contributed by atoms with Crippen LogP contribution in [0, 0.1) is 6.92 Å². The van der Waals surface area contributed by atoms with Crippen molar-refractivity contribution in [3.8, 4) is 0 Å². The molecule has 0 heterocycles. The summed E-state index contributed by atoms with van der Waals surface area (Å²) in [4.78, 5) is 0. The number of nitrogens with two attached hydrogens (primary N) is 1. The van der Waals surface area contributed by atoms with Crippen molar-refractivity contribution in [2.75, 3.05) is 5.73 Å². The van der Waals surface area contributed by atoms with E-state index >= 15 is 0 Å². The van der Waals surface area contributed by atoms with E-state index in [9.17, 15) is 0 Å². The quantitative estimate of drug-likeness (QED) is 0.666. The highest BCUT2D eigenvalue weighted by molar-refractivity contribution is 5.51. The van der Waals surface area contributed by atoms with Gasteiger partial charge in [-0.25, -0.2) is 0 Å². The molecule has 0 bridgehead atoms. The summed E-state index contributed by atoms with van der Waals surface area (Å²) in [5.41, 5.74) is 10.8. The fourth-order valence-electron chi connectivity index (χ4n) is 1.51. The maximum absolute atomic E-state index is 5.86. The van der Waals surface area contributed by atoms with Gasteiger partial charge in [0, 0.05) is 5.69 Å². The molecule has 1 nitrogen and oxygen atoms in total. The smallest absolute Gasteiger partial charge is 0.0349 e. The molecular formula is C11H17N. The number of hydrogen-bond acceptors (Lipinski definition) is 1. The highest BCUT2D eigenvalue weighted by Crippen LogP contribution is 2.19. The molecule has 0 spiro atoms. The first kappa shape index (κ1) is 9.11. The molecule has 2 N–H and O–H groups in total. The zero-order chi connectivity index (χ0) is 9.14. The third kappa shape index (κ3) is 1.60. The van der Waals surface area contributed by atoms with Gasteiger partial charge in [0.25, 0.3) is 0 Å². The largest absolute Gasteiger partial charge is 0.398 e. The summed E-state index contributed by atoms with van der Waals surface area (Å²) in [5, 5.41) is 0. The second kappa shape index (κ2) is 3.61. The number of rotatable bonds is 2. The van der Waals surface area contributed by atoms with Crippen LogP contribution in [0.3, 0.4) is 0 Å². The van der Waals surface area contributed by atoms with E-state index in [0.29, 0.717) is 0 Å². The fraction of sp³-hybridized carbons (Fsp3) is 0.455. The van der Waals surface area contributed by atoms with E-state index in [4.69, 9.17) is 5.73 Å². The molecule has 0 unspecified atom stereocenters. The van der Waals surface area contributed by atoms with Gasteiger partial charge in [0.05, 0.1) is 0 Å². The molecule has 1 rings (SSSR count). The molecule has 0 aliphatic heterocycles. The first-order valence-electron chi connectivity index (χ1n) is 4.56. The van der Waals surface area contributed by atoms with E-state index in [2.05, 4.69) is 32.9 Å². The van der Waals surface area contributed by atoms with Gasteiger partial charge in [0.2, 0.25) is 0 Å². The third-order valence-corrected chi connectivity index (χ3v) is 2.36. The molecule has 12 heavy (non-hydrogen) atoms. The van der Waals surface area contributed by atoms with E-state index in [1.54, 1.807) is 0 Å². The normalized spacial score (nSPS) is 10.2. The van der Waals surface area contributed by atoms with Crippen molar-refractivity contribution in [2.24, 2.45) is 0 Å². The molecule has 0 radical (unpaired) electrons. The molecule has 0 fully saturated rings. The Labute approximate surface area is 74.6 Å². The predicted molar refractivity (Wildman–Crippen MR) is 54.3 cm³/mol. The minimum absolute atomic E-state index is 0.937. The number of benzene rings is 1. The van der Waals surface area contributed by atoms with Crippen molar-refractivity contribution in [2.45, 2.75) is 33.6 Å². The molecular weight excluding hydrogens is 146 g/mol. The molecule has 0 aromatic heterocycles. The van der Waals surface area contributed by atoms with E-state index in [1.165, 1.54) is 16.7 Å². The Morgan fingerprint density at radius 1 is 1.08 bits per heavy atom. The molecule has 0 amide bonds. The summed E-state index contributed by atoms with van der Waals surface area (Å²) >= 11 is 0. The Kier molecular flexibility index (Phi) is 2.74. The Morgan fingerprint density at radius 3 is 2.17 bits per heavy atom. The summed E-state index contributed by atoms with van der Waals surface area (Å²) in [6, 6.07) is 4.31. The Bertz CT molecular complexity index is 251. The Morgan fingerprint density at radius 2 is 1.67 bits per heavy atom. The summed E-state index contributed by atoms with van der Waals surface area (Å²) in [6.07, 6.45) is 2.12. The molecule has 0 atom stereocenters. The maximum Gasteiger partial charge on any atom is 0.0349 e. The highest BCUT2D eigenvalue weighted by Gasteiger charge is 2.01. The van der Waals surface area contributed by atoms with Crippen LogP contribution in [0.1, 0.15) is 30.5 Å². The van der Waals surface area contributed by atoms with Crippen molar-refractivity contribution in [1.82, 2.24) is 0 Å². The molecule has 1 aromatic carbocycles. The zero-order valence-electron chi connectivity index (χ0n) is 8.15. The van der Waals surface area contributed by atoms with E-state index < -0.39 is 0 Å². The topological polar surface area (TPSA) is 26.0 Å². The van der Waals surface area contributed by atoms with Gasteiger partial charge < -0.3 is 5.73 Å². The van der Waals surface area contributed by atoms with Gasteiger partial charge in [-0.05, 0) is 42.5 Å². The van der Waals surface area contributed by atoms with Crippen molar-refractivity contribution < 1.29 is 0 Å². The summed E-state index contributed by atoms with van der Waals surface area (Å²) in [7, 11) is 0. The first-order valence-corrected chi connectivity index (χ1v) is 4.56. The van der Waals surface area contributed by atoms with Gasteiger partial charge >= 0.3 is 0 Å². The van der Waals surface area contributed by atoms with Crippen molar-refractivity contribution >= 4 is 5.69 Å². The molecule has 0 aliphatic carbocycles. The standard InChI is InChI=1S/C11H17N/c1-4-9-7-10(5-2)11(12)6-8(9)3/h6-7H,4-5,12H2,1-3H3. The van der Waals surface area contributed by atoms with Crippen LogP contribution in [0.4, 0.5) is 5.69 Å². The van der Waals surface area contributed by atoms with E-state index in [0.717, 1.165) is 18.5 Å². The fourth-order valence-corrected chi connectivity index (χ4v) is 1.51. The van der Waals surface area contributed by atoms with E-state index in [-0.39, 0.29) is 0 Å². The Balaban J connectivity index is 3.18. The SMILES string of the molecule is CCc1cc(CC)c(N)cc1C. The van der Waals surface area contributed by atoms with Crippen molar-refractivity contribution in [3.05, 3.63) is 28.8 Å². The van der Waals surface area contributed by atoms with Crippen LogP contribution in [-0.4, -0.2) is 0 Å². The van der Waals surface area contributed by atoms with Gasteiger partial charge in [0.15, 0.2) is 0 Å². The molecule has 1 aromatic rings. The van der Waals surface area contributed by atoms with Crippen molar-refractivity contribution in [3.63, 3.8) is 0 Å². The van der Waals surface area contributed by atoms with Gasteiger partial charge in [-0.2, -0.15) is 0 Å². The predicted octanol–water partition coefficient (Wildman–Crippen LogP) is 2.70. The van der Waals surface area contributed by atoms with Crippen LogP contribution in [0.25, 0.3) is 0 Å². The molecule has 0 saturated carbocycles. The minimum atomic E-state index is 0.937. The molecule has 0 aliphatic rings. The lowest BCUT2D eigenvalue weighted by Crippen LogP contribution is -1.97. The summed E-state index contributed by atoms with van der Waals surface area (Å²) in [5.74, 6) is 0. The van der Waals surface area contributed by atoms with E-state index in [1.807, 2.05) is 0 Å². The van der Waals surface area contributed by atoms with Crippen molar-refractivity contribution in [1.29, 1.82) is 0 Å². The number of nitrogen functional groups attached to an aromatic ring is 1.